The normalized spacial score (nSPS) is 23.0. The van der Waals surface area contributed by atoms with Crippen LogP contribution in [0.4, 0.5) is 5.69 Å². The summed E-state index contributed by atoms with van der Waals surface area (Å²) >= 11 is 14.2. The molecule has 5 nitrogen and oxygen atoms in total. The highest BCUT2D eigenvalue weighted by atomic mass is 35.5. The highest BCUT2D eigenvalue weighted by molar-refractivity contribution is 7.10. The van der Waals surface area contributed by atoms with Gasteiger partial charge in [0.2, 0.25) is 0 Å². The minimum Gasteiger partial charge on any atom is -0.284 e. The van der Waals surface area contributed by atoms with Gasteiger partial charge in [-0.05, 0) is 42.5 Å². The third-order valence-corrected chi connectivity index (χ3v) is 6.70. The molecule has 1 N–H and O–H groups in total. The van der Waals surface area contributed by atoms with Gasteiger partial charge >= 0.3 is 0 Å². The SMILES string of the molecule is C[C@H]1C(C(=O)NN2CCCCC2)=NN(c2ccc(Cl)cc2Cl)[C@H]1c1cccs1. The molecule has 0 aliphatic carbocycles. The van der Waals surface area contributed by atoms with Crippen LogP contribution in [0.3, 0.4) is 0 Å². The summed E-state index contributed by atoms with van der Waals surface area (Å²) in [5.74, 6) is -0.210. The van der Waals surface area contributed by atoms with Gasteiger partial charge < -0.3 is 0 Å². The van der Waals surface area contributed by atoms with Gasteiger partial charge in [-0.15, -0.1) is 11.3 Å². The van der Waals surface area contributed by atoms with E-state index in [1.165, 1.54) is 6.42 Å². The van der Waals surface area contributed by atoms with Crippen LogP contribution < -0.4 is 10.4 Å². The number of carbonyl (C=O) groups is 1. The second kappa shape index (κ2) is 8.41. The number of nitrogens with zero attached hydrogens (tertiary/aromatic N) is 3. The number of rotatable bonds is 4. The second-order valence-electron chi connectivity index (χ2n) is 7.16. The standard InChI is InChI=1S/C20H22Cl2N4OS/c1-13-18(20(27)24-25-9-3-2-4-10-25)23-26(19(13)17-6-5-11-28-17)16-8-7-14(21)12-15(16)22/h5-8,11-13,19H,2-4,9-10H2,1H3,(H,24,27)/t13-,19+/m0/s1. The van der Waals surface area contributed by atoms with E-state index in [0.717, 1.165) is 36.5 Å². The monoisotopic (exact) mass is 436 g/mol. The fourth-order valence-electron chi connectivity index (χ4n) is 3.79. The molecule has 2 aromatic rings. The van der Waals surface area contributed by atoms with E-state index >= 15 is 0 Å². The van der Waals surface area contributed by atoms with E-state index in [1.54, 1.807) is 23.5 Å². The Kier molecular flexibility index (Phi) is 5.92. The van der Waals surface area contributed by atoms with Crippen molar-refractivity contribution >= 4 is 51.8 Å². The van der Waals surface area contributed by atoms with Crippen molar-refractivity contribution in [2.75, 3.05) is 18.1 Å². The van der Waals surface area contributed by atoms with Gasteiger partial charge in [0.05, 0.1) is 16.8 Å². The summed E-state index contributed by atoms with van der Waals surface area (Å²) in [6.07, 6.45) is 3.42. The zero-order valence-corrected chi connectivity index (χ0v) is 17.9. The summed E-state index contributed by atoms with van der Waals surface area (Å²) < 4.78 is 0. The number of hydrazone groups is 1. The Balaban J connectivity index is 1.65. The molecule has 3 heterocycles. The van der Waals surface area contributed by atoms with Gasteiger partial charge in [-0.25, -0.2) is 5.01 Å². The fraction of sp³-hybridized carbons (Fsp3) is 0.400. The zero-order chi connectivity index (χ0) is 19.7. The number of anilines is 1. The van der Waals surface area contributed by atoms with Crippen molar-refractivity contribution in [2.24, 2.45) is 11.0 Å². The molecular formula is C20H22Cl2N4OS. The molecule has 0 saturated carbocycles. The predicted octanol–water partition coefficient (Wildman–Crippen LogP) is 5.13. The van der Waals surface area contributed by atoms with Crippen LogP contribution in [0.2, 0.25) is 10.0 Å². The summed E-state index contributed by atoms with van der Waals surface area (Å²) in [7, 11) is 0. The maximum atomic E-state index is 13.0. The molecule has 1 amide bonds. The Morgan fingerprint density at radius 3 is 2.68 bits per heavy atom. The minimum atomic E-state index is -0.136. The third-order valence-electron chi connectivity index (χ3n) is 5.22. The Bertz CT molecular complexity index is 880. The molecule has 0 spiro atoms. The lowest BCUT2D eigenvalue weighted by atomic mass is 9.95. The van der Waals surface area contributed by atoms with Crippen LogP contribution in [-0.2, 0) is 4.79 Å². The lowest BCUT2D eigenvalue weighted by molar-refractivity contribution is -0.120. The summed E-state index contributed by atoms with van der Waals surface area (Å²) in [5.41, 5.74) is 4.31. The van der Waals surface area contributed by atoms with Crippen molar-refractivity contribution in [1.82, 2.24) is 10.4 Å². The first kappa shape index (κ1) is 19.7. The average Bonchev–Trinajstić information content (AvgIpc) is 3.30. The van der Waals surface area contributed by atoms with Crippen molar-refractivity contribution in [3.63, 3.8) is 0 Å². The minimum absolute atomic E-state index is 0.0739. The van der Waals surface area contributed by atoms with Crippen LogP contribution in [0.1, 0.15) is 37.1 Å². The fourth-order valence-corrected chi connectivity index (χ4v) is 5.20. The molecule has 0 bridgehead atoms. The van der Waals surface area contributed by atoms with Crippen molar-refractivity contribution in [3.8, 4) is 0 Å². The van der Waals surface area contributed by atoms with E-state index in [9.17, 15) is 4.79 Å². The molecule has 2 atom stereocenters. The number of thiophene rings is 1. The molecule has 1 saturated heterocycles. The van der Waals surface area contributed by atoms with Crippen molar-refractivity contribution < 1.29 is 4.79 Å². The topological polar surface area (TPSA) is 47.9 Å². The van der Waals surface area contributed by atoms with E-state index in [1.807, 2.05) is 34.5 Å². The van der Waals surface area contributed by atoms with Crippen molar-refractivity contribution in [2.45, 2.75) is 32.2 Å². The Morgan fingerprint density at radius 2 is 2.00 bits per heavy atom. The molecule has 2 aliphatic rings. The Morgan fingerprint density at radius 1 is 1.21 bits per heavy atom. The van der Waals surface area contributed by atoms with E-state index in [2.05, 4.69) is 11.5 Å². The maximum Gasteiger partial charge on any atom is 0.282 e. The van der Waals surface area contributed by atoms with E-state index < -0.39 is 0 Å². The highest BCUT2D eigenvalue weighted by Crippen LogP contribution is 2.43. The first-order valence-corrected chi connectivity index (χ1v) is 11.1. The van der Waals surface area contributed by atoms with Gasteiger partial charge in [-0.1, -0.05) is 42.6 Å². The lowest BCUT2D eigenvalue weighted by Crippen LogP contribution is -2.48. The molecule has 28 heavy (non-hydrogen) atoms. The lowest BCUT2D eigenvalue weighted by Gasteiger charge is -2.27. The quantitative estimate of drug-likeness (QED) is 0.722. The van der Waals surface area contributed by atoms with Crippen LogP contribution in [0, 0.1) is 5.92 Å². The third kappa shape index (κ3) is 3.92. The van der Waals surface area contributed by atoms with Crippen LogP contribution in [0.5, 0.6) is 0 Å². The van der Waals surface area contributed by atoms with E-state index in [0.29, 0.717) is 15.8 Å². The molecule has 1 aromatic carbocycles. The van der Waals surface area contributed by atoms with Crippen LogP contribution in [0.25, 0.3) is 0 Å². The van der Waals surface area contributed by atoms with Gasteiger partial charge in [-0.3, -0.25) is 15.2 Å². The number of nitrogens with one attached hydrogen (secondary N) is 1. The van der Waals surface area contributed by atoms with Gasteiger partial charge in [0, 0.05) is 28.9 Å². The van der Waals surface area contributed by atoms with Crippen LogP contribution in [-0.4, -0.2) is 29.7 Å². The van der Waals surface area contributed by atoms with Gasteiger partial charge in [0.15, 0.2) is 0 Å². The van der Waals surface area contributed by atoms with Gasteiger partial charge in [0.25, 0.3) is 5.91 Å². The van der Waals surface area contributed by atoms with Crippen LogP contribution in [0.15, 0.2) is 40.8 Å². The molecule has 0 radical (unpaired) electrons. The molecule has 0 unspecified atom stereocenters. The van der Waals surface area contributed by atoms with Gasteiger partial charge in [0.1, 0.15) is 5.71 Å². The number of hydrazine groups is 1. The molecule has 2 aliphatic heterocycles. The maximum absolute atomic E-state index is 13.0. The van der Waals surface area contributed by atoms with Gasteiger partial charge in [-0.2, -0.15) is 5.10 Å². The van der Waals surface area contributed by atoms with E-state index in [4.69, 9.17) is 28.3 Å². The average molecular weight is 437 g/mol. The molecule has 8 heteroatoms. The first-order valence-electron chi connectivity index (χ1n) is 9.46. The largest absolute Gasteiger partial charge is 0.284 e. The number of hydrogen-bond donors (Lipinski definition) is 1. The molecule has 148 valence electrons. The molecule has 1 aromatic heterocycles. The number of benzene rings is 1. The number of carbonyl (C=O) groups excluding carboxylic acids is 1. The first-order chi connectivity index (χ1) is 13.5. The summed E-state index contributed by atoms with van der Waals surface area (Å²) in [6.45, 7) is 3.81. The Hall–Kier alpha value is -1.60. The van der Waals surface area contributed by atoms with Crippen LogP contribution >= 0.6 is 34.5 Å². The number of amides is 1. The smallest absolute Gasteiger partial charge is 0.282 e. The highest BCUT2D eigenvalue weighted by Gasteiger charge is 2.40. The number of halogens is 2. The number of hydrogen-bond acceptors (Lipinski definition) is 5. The predicted molar refractivity (Wildman–Crippen MR) is 116 cm³/mol. The van der Waals surface area contributed by atoms with E-state index in [-0.39, 0.29) is 17.9 Å². The number of piperidine rings is 1. The van der Waals surface area contributed by atoms with Crippen molar-refractivity contribution in [3.05, 3.63) is 50.6 Å². The zero-order valence-electron chi connectivity index (χ0n) is 15.6. The molecule has 1 fully saturated rings. The molecule has 4 rings (SSSR count). The Labute approximate surface area is 178 Å². The summed E-state index contributed by atoms with van der Waals surface area (Å²) in [6, 6.07) is 9.35. The second-order valence-corrected chi connectivity index (χ2v) is 8.99. The summed E-state index contributed by atoms with van der Waals surface area (Å²) in [5, 5.41) is 11.7. The summed E-state index contributed by atoms with van der Waals surface area (Å²) in [4.78, 5) is 14.1. The molecular weight excluding hydrogens is 415 g/mol. The van der Waals surface area contributed by atoms with Crippen molar-refractivity contribution in [1.29, 1.82) is 0 Å².